The van der Waals surface area contributed by atoms with Crippen molar-refractivity contribution >= 4 is 34.2 Å². The lowest BCUT2D eigenvalue weighted by Gasteiger charge is -2.36. The van der Waals surface area contributed by atoms with Crippen LogP contribution in [0.25, 0.3) is 11.3 Å². The van der Waals surface area contributed by atoms with Gasteiger partial charge in [0.05, 0.1) is 18.1 Å². The predicted molar refractivity (Wildman–Crippen MR) is 159 cm³/mol. The van der Waals surface area contributed by atoms with Crippen molar-refractivity contribution in [3.05, 3.63) is 46.7 Å². The number of thiazole rings is 1. The smallest absolute Gasteiger partial charge is 0.480 e. The molecular weight excluding hydrogens is 599 g/mol. The summed E-state index contributed by atoms with van der Waals surface area (Å²) in [4.78, 5) is 44.7. The maximum absolute atomic E-state index is 13.1. The number of hydrogen-bond donors (Lipinski definition) is 2. The molecule has 0 saturated carbocycles. The number of carbonyl (C=O) groups excluding carboxylic acids is 1. The number of anilines is 2. The Bertz CT molecular complexity index is 1490. The number of carboxylic acid groups (broad SMARTS) is 1. The molecule has 11 nitrogen and oxygen atoms in total. The Labute approximate surface area is 256 Å². The average Bonchev–Trinajstić information content (AvgIpc) is 3.56. The summed E-state index contributed by atoms with van der Waals surface area (Å²) in [6, 6.07) is 4.15. The first-order valence-electron chi connectivity index (χ1n) is 14.3. The molecule has 2 aliphatic heterocycles. The molecule has 2 fully saturated rings. The summed E-state index contributed by atoms with van der Waals surface area (Å²) in [6.45, 7) is 9.19. The first-order chi connectivity index (χ1) is 20.9. The molecule has 0 spiro atoms. The quantitative estimate of drug-likeness (QED) is 0.345. The molecule has 2 N–H and O–H groups in total. The minimum absolute atomic E-state index is 0.0785. The van der Waals surface area contributed by atoms with E-state index in [2.05, 4.69) is 36.8 Å². The van der Waals surface area contributed by atoms with Gasteiger partial charge >= 0.3 is 12.3 Å². The monoisotopic (exact) mass is 633 g/mol. The normalized spacial score (nSPS) is 18.8. The highest BCUT2D eigenvalue weighted by Gasteiger charge is 2.32. The van der Waals surface area contributed by atoms with E-state index in [1.165, 1.54) is 35.9 Å². The Balaban J connectivity index is 1.32. The topological polar surface area (TPSA) is 124 Å². The maximum atomic E-state index is 13.1. The van der Waals surface area contributed by atoms with Gasteiger partial charge in [-0.2, -0.15) is 0 Å². The van der Waals surface area contributed by atoms with Crippen molar-refractivity contribution in [2.45, 2.75) is 58.6 Å². The molecule has 0 bridgehead atoms. The summed E-state index contributed by atoms with van der Waals surface area (Å²) in [6.07, 6.45) is 0.160. The van der Waals surface area contributed by atoms with Crippen LogP contribution in [-0.4, -0.2) is 92.9 Å². The Kier molecular flexibility index (Phi) is 9.37. The second-order valence-electron chi connectivity index (χ2n) is 11.1. The van der Waals surface area contributed by atoms with Crippen molar-refractivity contribution < 1.29 is 32.6 Å². The third-order valence-electron chi connectivity index (χ3n) is 7.93. The zero-order valence-electron chi connectivity index (χ0n) is 24.6. The van der Waals surface area contributed by atoms with E-state index in [1.807, 2.05) is 9.80 Å². The minimum Gasteiger partial charge on any atom is -0.480 e. The fourth-order valence-corrected chi connectivity index (χ4v) is 6.49. The van der Waals surface area contributed by atoms with Crippen LogP contribution in [0.1, 0.15) is 47.6 Å². The van der Waals surface area contributed by atoms with Crippen LogP contribution in [0.5, 0.6) is 5.75 Å². The zero-order chi connectivity index (χ0) is 31.6. The number of nitrogens with one attached hydrogen (secondary N) is 1. The summed E-state index contributed by atoms with van der Waals surface area (Å²) >= 11 is 1.27. The maximum Gasteiger partial charge on any atom is 0.573 e. The number of amides is 1. The van der Waals surface area contributed by atoms with E-state index < -0.39 is 24.3 Å². The standard InChI is InChI=1S/C29H34F3N7O4S/c1-17-11-20(13-21(12-17)43-29(30,31)32)25-23(16-39-6-4-5-18(39)2)44-28(35-25)36-26(40)22-14-34-24(15-33-22)38-9-7-37(8-10-38)19(3)27(41)42/h11-15,18-19H,4-10,16H2,1-3H3,(H,41,42)(H,35,36,40)/t18-,19?/m1/s1. The number of halogens is 3. The van der Waals surface area contributed by atoms with Gasteiger partial charge in [-0.15, -0.1) is 13.2 Å². The molecule has 44 heavy (non-hydrogen) atoms. The first kappa shape index (κ1) is 31.6. The fourth-order valence-electron chi connectivity index (χ4n) is 5.48. The van der Waals surface area contributed by atoms with E-state index in [0.29, 0.717) is 66.5 Å². The highest BCUT2D eigenvalue weighted by atomic mass is 32.1. The van der Waals surface area contributed by atoms with Gasteiger partial charge in [0.1, 0.15) is 23.3 Å². The molecule has 3 aromatic rings. The second-order valence-corrected chi connectivity index (χ2v) is 12.2. The van der Waals surface area contributed by atoms with Gasteiger partial charge in [-0.3, -0.25) is 24.7 Å². The molecule has 236 valence electrons. The molecule has 4 heterocycles. The lowest BCUT2D eigenvalue weighted by Crippen LogP contribution is -2.52. The van der Waals surface area contributed by atoms with Crippen molar-refractivity contribution in [1.29, 1.82) is 0 Å². The molecule has 2 atom stereocenters. The van der Waals surface area contributed by atoms with Gasteiger partial charge in [0, 0.05) is 49.2 Å². The number of carboxylic acids is 1. The summed E-state index contributed by atoms with van der Waals surface area (Å²) in [5, 5.41) is 12.3. The van der Waals surface area contributed by atoms with Gasteiger partial charge in [0.2, 0.25) is 0 Å². The van der Waals surface area contributed by atoms with Gasteiger partial charge in [-0.25, -0.2) is 15.0 Å². The van der Waals surface area contributed by atoms with E-state index in [4.69, 9.17) is 0 Å². The Morgan fingerprint density at radius 2 is 1.89 bits per heavy atom. The summed E-state index contributed by atoms with van der Waals surface area (Å²) in [5.74, 6) is -1.13. The number of piperazine rings is 1. The predicted octanol–water partition coefficient (Wildman–Crippen LogP) is 4.64. The Morgan fingerprint density at radius 1 is 1.14 bits per heavy atom. The third kappa shape index (κ3) is 7.63. The molecular formula is C29H34F3N7O4S. The SMILES string of the molecule is Cc1cc(OC(F)(F)F)cc(-c2nc(NC(=O)c3cnc(N4CCN(C(C)C(=O)O)CC4)cn3)sc2CN2CCC[C@H]2C)c1. The van der Waals surface area contributed by atoms with Crippen LogP contribution < -0.4 is 15.0 Å². The van der Waals surface area contributed by atoms with Crippen molar-refractivity contribution in [2.75, 3.05) is 42.9 Å². The molecule has 15 heteroatoms. The average molecular weight is 634 g/mol. The van der Waals surface area contributed by atoms with Gasteiger partial charge in [-0.05, 0) is 63.9 Å². The highest BCUT2D eigenvalue weighted by Crippen LogP contribution is 2.37. The number of carbonyl (C=O) groups is 2. The molecule has 5 rings (SSSR count). The Morgan fingerprint density at radius 3 is 2.50 bits per heavy atom. The van der Waals surface area contributed by atoms with E-state index in [-0.39, 0.29) is 11.4 Å². The first-order valence-corrected chi connectivity index (χ1v) is 15.1. The van der Waals surface area contributed by atoms with Crippen molar-refractivity contribution in [2.24, 2.45) is 0 Å². The summed E-state index contributed by atoms with van der Waals surface area (Å²) in [7, 11) is 0. The van der Waals surface area contributed by atoms with Crippen LogP contribution in [0.2, 0.25) is 0 Å². The second kappa shape index (κ2) is 13.0. The number of ether oxygens (including phenoxy) is 1. The van der Waals surface area contributed by atoms with E-state index in [0.717, 1.165) is 24.3 Å². The van der Waals surface area contributed by atoms with Crippen LogP contribution in [0, 0.1) is 6.92 Å². The lowest BCUT2D eigenvalue weighted by molar-refractivity contribution is -0.274. The van der Waals surface area contributed by atoms with Crippen LogP contribution in [-0.2, 0) is 11.3 Å². The molecule has 1 unspecified atom stereocenters. The molecule has 2 aliphatic rings. The van der Waals surface area contributed by atoms with Gasteiger partial charge in [-0.1, -0.05) is 11.3 Å². The number of nitrogens with zero attached hydrogens (tertiary/aromatic N) is 6. The number of aromatic nitrogens is 3. The van der Waals surface area contributed by atoms with Gasteiger partial charge < -0.3 is 14.7 Å². The Hall–Kier alpha value is -3.82. The van der Waals surface area contributed by atoms with Crippen LogP contribution in [0.15, 0.2) is 30.6 Å². The van der Waals surface area contributed by atoms with Crippen molar-refractivity contribution in [1.82, 2.24) is 24.8 Å². The number of benzene rings is 1. The van der Waals surface area contributed by atoms with Crippen LogP contribution >= 0.6 is 11.3 Å². The van der Waals surface area contributed by atoms with E-state index >= 15 is 0 Å². The number of alkyl halides is 3. The molecule has 2 saturated heterocycles. The summed E-state index contributed by atoms with van der Waals surface area (Å²) in [5.41, 5.74) is 1.60. The number of rotatable bonds is 9. The number of likely N-dealkylation sites (tertiary alicyclic amines) is 1. The molecule has 0 radical (unpaired) electrons. The van der Waals surface area contributed by atoms with E-state index in [9.17, 15) is 27.9 Å². The van der Waals surface area contributed by atoms with Gasteiger partial charge in [0.15, 0.2) is 5.13 Å². The van der Waals surface area contributed by atoms with Crippen molar-refractivity contribution in [3.8, 4) is 17.0 Å². The molecule has 1 aromatic carbocycles. The molecule has 2 aromatic heterocycles. The van der Waals surface area contributed by atoms with E-state index in [1.54, 1.807) is 19.9 Å². The number of aryl methyl sites for hydroxylation is 1. The highest BCUT2D eigenvalue weighted by molar-refractivity contribution is 7.16. The summed E-state index contributed by atoms with van der Waals surface area (Å²) < 4.78 is 43.1. The zero-order valence-corrected chi connectivity index (χ0v) is 25.4. The largest absolute Gasteiger partial charge is 0.573 e. The fraction of sp³-hybridized carbons (Fsp3) is 0.483. The lowest BCUT2D eigenvalue weighted by atomic mass is 10.1. The van der Waals surface area contributed by atoms with Crippen LogP contribution in [0.3, 0.4) is 0 Å². The van der Waals surface area contributed by atoms with Crippen molar-refractivity contribution in [3.63, 3.8) is 0 Å². The van der Waals surface area contributed by atoms with Gasteiger partial charge in [0.25, 0.3) is 5.91 Å². The van der Waals surface area contributed by atoms with Crippen LogP contribution in [0.4, 0.5) is 24.1 Å². The number of aliphatic carboxylic acids is 1. The molecule has 0 aliphatic carbocycles. The third-order valence-corrected chi connectivity index (χ3v) is 8.88. The molecule has 1 amide bonds. The minimum atomic E-state index is -4.83. The number of hydrogen-bond acceptors (Lipinski definition) is 10.